The number of piperazine rings is 1. The lowest BCUT2D eigenvalue weighted by Gasteiger charge is -2.40. The second-order valence-electron chi connectivity index (χ2n) is 8.50. The average molecular weight is 532 g/mol. The van der Waals surface area contributed by atoms with Crippen molar-refractivity contribution in [1.82, 2.24) is 14.5 Å². The third kappa shape index (κ3) is 6.05. The van der Waals surface area contributed by atoms with Crippen molar-refractivity contribution in [3.63, 3.8) is 0 Å². The first-order valence-corrected chi connectivity index (χ1v) is 13.6. The van der Waals surface area contributed by atoms with Gasteiger partial charge in [-0.1, -0.05) is 83.9 Å². The van der Waals surface area contributed by atoms with Crippen LogP contribution in [0, 0.1) is 0 Å². The van der Waals surface area contributed by atoms with Gasteiger partial charge in [-0.25, -0.2) is 8.42 Å². The van der Waals surface area contributed by atoms with Crippen LogP contribution in [0.3, 0.4) is 0 Å². The van der Waals surface area contributed by atoms with Crippen molar-refractivity contribution in [1.29, 1.82) is 0 Å². The Morgan fingerprint density at radius 1 is 0.857 bits per heavy atom. The molecule has 3 aromatic rings. The number of sulfonamides is 1. The molecular formula is C26H27Cl2N3O3S. The number of amides is 1. The van der Waals surface area contributed by atoms with Crippen molar-refractivity contribution in [2.75, 3.05) is 26.2 Å². The van der Waals surface area contributed by atoms with Crippen LogP contribution in [0.1, 0.15) is 24.1 Å². The normalized spacial score (nSPS) is 15.8. The fourth-order valence-corrected chi connectivity index (χ4v) is 6.35. The fourth-order valence-electron chi connectivity index (χ4n) is 4.39. The van der Waals surface area contributed by atoms with Gasteiger partial charge in [-0.2, -0.15) is 4.72 Å². The molecule has 1 aliphatic heterocycles. The van der Waals surface area contributed by atoms with Crippen molar-refractivity contribution in [3.05, 3.63) is 100 Å². The average Bonchev–Trinajstić information content (AvgIpc) is 2.86. The van der Waals surface area contributed by atoms with Gasteiger partial charge >= 0.3 is 0 Å². The van der Waals surface area contributed by atoms with Gasteiger partial charge in [0.25, 0.3) is 0 Å². The van der Waals surface area contributed by atoms with Gasteiger partial charge in [0.05, 0.1) is 17.1 Å². The Labute approximate surface area is 216 Å². The highest BCUT2D eigenvalue weighted by Crippen LogP contribution is 2.30. The predicted molar refractivity (Wildman–Crippen MR) is 139 cm³/mol. The van der Waals surface area contributed by atoms with Crippen LogP contribution < -0.4 is 4.72 Å². The van der Waals surface area contributed by atoms with Gasteiger partial charge in [0.2, 0.25) is 15.9 Å². The van der Waals surface area contributed by atoms with Gasteiger partial charge < -0.3 is 4.90 Å². The first-order chi connectivity index (χ1) is 16.8. The summed E-state index contributed by atoms with van der Waals surface area (Å²) in [5.74, 6) is -0.276. The number of carbonyl (C=O) groups excluding carboxylic acids is 1. The summed E-state index contributed by atoms with van der Waals surface area (Å²) in [6.45, 7) is 3.87. The molecule has 6 nitrogen and oxygen atoms in total. The minimum absolute atomic E-state index is 0.0445. The van der Waals surface area contributed by atoms with Crippen molar-refractivity contribution in [3.8, 4) is 0 Å². The molecule has 1 heterocycles. The molecule has 3 aromatic carbocycles. The number of rotatable bonds is 7. The molecule has 0 aromatic heterocycles. The molecule has 0 aliphatic carbocycles. The van der Waals surface area contributed by atoms with E-state index in [4.69, 9.17) is 23.2 Å². The van der Waals surface area contributed by atoms with E-state index in [1.165, 1.54) is 29.3 Å². The van der Waals surface area contributed by atoms with Crippen LogP contribution in [0.2, 0.25) is 10.0 Å². The molecule has 0 spiro atoms. The fraction of sp³-hybridized carbons (Fsp3) is 0.269. The molecule has 4 rings (SSSR count). The summed E-state index contributed by atoms with van der Waals surface area (Å²) in [7, 11) is -4.02. The molecule has 184 valence electrons. The summed E-state index contributed by atoms with van der Waals surface area (Å²) in [5.41, 5.74) is 2.39. The number of benzene rings is 3. The molecule has 1 N–H and O–H groups in total. The van der Waals surface area contributed by atoms with Crippen molar-refractivity contribution in [2.24, 2.45) is 0 Å². The lowest BCUT2D eigenvalue weighted by atomic mass is 9.96. The van der Waals surface area contributed by atoms with Crippen molar-refractivity contribution in [2.45, 2.75) is 23.9 Å². The third-order valence-corrected chi connectivity index (χ3v) is 8.36. The van der Waals surface area contributed by atoms with Crippen LogP contribution >= 0.6 is 23.2 Å². The summed E-state index contributed by atoms with van der Waals surface area (Å²) in [6, 6.07) is 23.9. The van der Waals surface area contributed by atoms with Gasteiger partial charge in [0, 0.05) is 31.2 Å². The Morgan fingerprint density at radius 3 is 1.94 bits per heavy atom. The molecule has 1 fully saturated rings. The van der Waals surface area contributed by atoms with Crippen molar-refractivity contribution >= 4 is 39.1 Å². The molecule has 0 radical (unpaired) electrons. The van der Waals surface area contributed by atoms with E-state index in [0.717, 1.165) is 0 Å². The number of halogens is 2. The summed E-state index contributed by atoms with van der Waals surface area (Å²) in [4.78, 5) is 17.0. The van der Waals surface area contributed by atoms with Gasteiger partial charge in [-0.15, -0.1) is 0 Å². The van der Waals surface area contributed by atoms with E-state index in [0.29, 0.717) is 26.2 Å². The van der Waals surface area contributed by atoms with E-state index in [-0.39, 0.29) is 26.9 Å². The van der Waals surface area contributed by atoms with Crippen LogP contribution in [0.25, 0.3) is 0 Å². The molecule has 1 aliphatic rings. The largest absolute Gasteiger partial charge is 0.339 e. The number of carbonyl (C=O) groups is 1. The first-order valence-electron chi connectivity index (χ1n) is 11.4. The quantitative estimate of drug-likeness (QED) is 0.483. The summed E-state index contributed by atoms with van der Waals surface area (Å²) >= 11 is 12.0. The Hall–Kier alpha value is -2.42. The van der Waals surface area contributed by atoms with E-state index in [1.807, 2.05) is 36.4 Å². The highest BCUT2D eigenvalue weighted by atomic mass is 35.5. The Bertz CT molecular complexity index is 1230. The maximum atomic E-state index is 13.1. The van der Waals surface area contributed by atoms with E-state index in [9.17, 15) is 13.2 Å². The minimum atomic E-state index is -4.02. The first kappa shape index (κ1) is 25.7. The van der Waals surface area contributed by atoms with Gasteiger partial charge in [-0.05, 0) is 36.2 Å². The zero-order valence-corrected chi connectivity index (χ0v) is 21.6. The molecule has 0 saturated carbocycles. The standard InChI is InChI=1S/C26H27Cl2N3O3S/c1-19(29-35(33,34)24-18-22(27)12-13-23(24)28)26(32)31-16-14-30(15-17-31)25(20-8-4-2-5-9-20)21-10-6-3-7-11-21/h2-13,18-19,25,29H,14-17H2,1H3/t19-/m0/s1. The van der Waals surface area contributed by atoms with Crippen LogP contribution in [0.4, 0.5) is 0 Å². The van der Waals surface area contributed by atoms with E-state index >= 15 is 0 Å². The van der Waals surface area contributed by atoms with E-state index in [2.05, 4.69) is 33.9 Å². The Kier molecular flexibility index (Phi) is 8.14. The maximum absolute atomic E-state index is 13.1. The second-order valence-corrected chi connectivity index (χ2v) is 11.0. The Balaban J connectivity index is 1.44. The minimum Gasteiger partial charge on any atom is -0.339 e. The van der Waals surface area contributed by atoms with E-state index < -0.39 is 16.1 Å². The van der Waals surface area contributed by atoms with Gasteiger partial charge in [0.15, 0.2) is 0 Å². The molecule has 0 unspecified atom stereocenters. The second kappa shape index (κ2) is 11.1. The zero-order valence-electron chi connectivity index (χ0n) is 19.3. The molecule has 1 saturated heterocycles. The smallest absolute Gasteiger partial charge is 0.242 e. The molecule has 1 atom stereocenters. The lowest BCUT2D eigenvalue weighted by molar-refractivity contribution is -0.134. The number of hydrogen-bond acceptors (Lipinski definition) is 4. The van der Waals surface area contributed by atoms with Crippen LogP contribution in [-0.2, 0) is 14.8 Å². The highest BCUT2D eigenvalue weighted by Gasteiger charge is 2.32. The highest BCUT2D eigenvalue weighted by molar-refractivity contribution is 7.89. The van der Waals surface area contributed by atoms with Crippen molar-refractivity contribution < 1.29 is 13.2 Å². The molecule has 0 bridgehead atoms. The predicted octanol–water partition coefficient (Wildman–Crippen LogP) is 4.59. The molecule has 1 amide bonds. The number of hydrogen-bond donors (Lipinski definition) is 1. The molecular weight excluding hydrogens is 505 g/mol. The maximum Gasteiger partial charge on any atom is 0.242 e. The summed E-state index contributed by atoms with van der Waals surface area (Å²) in [5, 5.41) is 0.291. The summed E-state index contributed by atoms with van der Waals surface area (Å²) < 4.78 is 28.1. The molecule has 9 heteroatoms. The van der Waals surface area contributed by atoms with Crippen LogP contribution in [0.15, 0.2) is 83.8 Å². The Morgan fingerprint density at radius 2 is 1.40 bits per heavy atom. The van der Waals surface area contributed by atoms with Gasteiger partial charge in [-0.3, -0.25) is 9.69 Å². The SMILES string of the molecule is C[C@H](NS(=O)(=O)c1cc(Cl)ccc1Cl)C(=O)N1CCN(C(c2ccccc2)c2ccccc2)CC1. The molecule has 35 heavy (non-hydrogen) atoms. The van der Waals surface area contributed by atoms with Crippen LogP contribution in [-0.4, -0.2) is 56.3 Å². The topological polar surface area (TPSA) is 69.7 Å². The summed E-state index contributed by atoms with van der Waals surface area (Å²) in [6.07, 6.45) is 0. The number of nitrogens with zero attached hydrogens (tertiary/aromatic N) is 2. The van der Waals surface area contributed by atoms with Crippen LogP contribution in [0.5, 0.6) is 0 Å². The lowest BCUT2D eigenvalue weighted by Crippen LogP contribution is -2.54. The van der Waals surface area contributed by atoms with E-state index in [1.54, 1.807) is 11.8 Å². The third-order valence-electron chi connectivity index (χ3n) is 6.11. The zero-order chi connectivity index (χ0) is 25.0. The monoisotopic (exact) mass is 531 g/mol. The number of nitrogens with one attached hydrogen (secondary N) is 1. The van der Waals surface area contributed by atoms with Gasteiger partial charge in [0.1, 0.15) is 4.90 Å².